The Labute approximate surface area is 132 Å². The van der Waals surface area contributed by atoms with Gasteiger partial charge in [0.15, 0.2) is 0 Å². The van der Waals surface area contributed by atoms with Crippen molar-refractivity contribution < 1.29 is 4.79 Å². The fourth-order valence-electron chi connectivity index (χ4n) is 1.99. The van der Waals surface area contributed by atoms with Crippen LogP contribution in [0.4, 0.5) is 5.13 Å². The molecule has 0 spiro atoms. The number of carbonyl (C=O) groups excluding carboxylic acids is 1. The number of hydrogen-bond donors (Lipinski definition) is 1. The molecule has 1 aromatic carbocycles. The maximum atomic E-state index is 12.1. The van der Waals surface area contributed by atoms with Gasteiger partial charge >= 0.3 is 0 Å². The van der Waals surface area contributed by atoms with Crippen LogP contribution in [0.1, 0.15) is 27.6 Å². The van der Waals surface area contributed by atoms with E-state index in [0.717, 1.165) is 11.3 Å². The molecule has 1 amide bonds. The average molecular weight is 310 g/mol. The van der Waals surface area contributed by atoms with Gasteiger partial charge in [0.25, 0.3) is 5.91 Å². The molecule has 0 saturated carbocycles. The number of nitrogens with one attached hydrogen (secondary N) is 1. The number of nitrogens with zero attached hydrogens (tertiary/aromatic N) is 3. The smallest absolute Gasteiger partial charge is 0.276 e. The third-order valence-electron chi connectivity index (χ3n) is 3.01. The lowest BCUT2D eigenvalue weighted by molar-refractivity contribution is 0.102. The van der Waals surface area contributed by atoms with Gasteiger partial charge in [-0.15, -0.1) is 0 Å². The molecule has 3 aromatic rings. The third kappa shape index (κ3) is 3.53. The molecule has 110 valence electrons. The normalized spacial score (nSPS) is 10.4. The zero-order chi connectivity index (χ0) is 15.4. The molecule has 6 heteroatoms. The number of hydrogen-bond acceptors (Lipinski definition) is 5. The molecule has 0 atom stereocenters. The first-order valence-electron chi connectivity index (χ1n) is 6.82. The number of rotatable bonds is 4. The van der Waals surface area contributed by atoms with Gasteiger partial charge in [0.05, 0.1) is 0 Å². The van der Waals surface area contributed by atoms with Crippen LogP contribution >= 0.6 is 11.5 Å². The number of aromatic nitrogens is 3. The van der Waals surface area contributed by atoms with Gasteiger partial charge in [0, 0.05) is 23.6 Å². The van der Waals surface area contributed by atoms with Gasteiger partial charge in [-0.2, -0.15) is 4.37 Å². The fraction of sp³-hybridized carbons (Fsp3) is 0.125. The number of pyridine rings is 1. The molecular weight excluding hydrogens is 296 g/mol. The zero-order valence-corrected chi connectivity index (χ0v) is 12.8. The first-order valence-corrected chi connectivity index (χ1v) is 7.59. The minimum Gasteiger partial charge on any atom is -0.295 e. The number of amides is 1. The predicted molar refractivity (Wildman–Crippen MR) is 86.1 cm³/mol. The Balaban J connectivity index is 1.68. The Morgan fingerprint density at radius 2 is 1.91 bits per heavy atom. The highest BCUT2D eigenvalue weighted by atomic mass is 32.1. The van der Waals surface area contributed by atoms with Crippen LogP contribution in [0.5, 0.6) is 0 Å². The van der Waals surface area contributed by atoms with E-state index in [0.29, 0.717) is 23.1 Å². The minimum absolute atomic E-state index is 0.272. The molecule has 2 heterocycles. The van der Waals surface area contributed by atoms with Crippen molar-refractivity contribution in [3.8, 4) is 0 Å². The quantitative estimate of drug-likeness (QED) is 0.804. The predicted octanol–water partition coefficient (Wildman–Crippen LogP) is 3.08. The Kier molecular flexibility index (Phi) is 4.20. The number of carbonyl (C=O) groups is 1. The Morgan fingerprint density at radius 1 is 1.09 bits per heavy atom. The van der Waals surface area contributed by atoms with E-state index < -0.39 is 0 Å². The van der Waals surface area contributed by atoms with Crippen molar-refractivity contribution in [3.05, 3.63) is 71.3 Å². The molecule has 0 radical (unpaired) electrons. The van der Waals surface area contributed by atoms with Gasteiger partial charge in [-0.05, 0) is 24.6 Å². The van der Waals surface area contributed by atoms with Crippen molar-refractivity contribution in [1.82, 2.24) is 14.3 Å². The second-order valence-corrected chi connectivity index (χ2v) is 5.55. The molecule has 3 rings (SSSR count). The first-order chi connectivity index (χ1) is 10.7. The van der Waals surface area contributed by atoms with E-state index in [9.17, 15) is 4.79 Å². The molecular formula is C16H14N4OS. The average Bonchev–Trinajstić information content (AvgIpc) is 2.95. The van der Waals surface area contributed by atoms with Crippen LogP contribution in [-0.2, 0) is 6.42 Å². The summed E-state index contributed by atoms with van der Waals surface area (Å²) in [6.45, 7) is 1.85. The van der Waals surface area contributed by atoms with Gasteiger partial charge in [-0.1, -0.05) is 36.4 Å². The van der Waals surface area contributed by atoms with Gasteiger partial charge in [-0.3, -0.25) is 10.1 Å². The molecule has 0 aliphatic rings. The van der Waals surface area contributed by atoms with E-state index in [2.05, 4.69) is 19.7 Å². The molecule has 5 nitrogen and oxygen atoms in total. The van der Waals surface area contributed by atoms with E-state index in [1.807, 2.05) is 43.3 Å². The van der Waals surface area contributed by atoms with Crippen LogP contribution in [0.3, 0.4) is 0 Å². The van der Waals surface area contributed by atoms with Crippen molar-refractivity contribution >= 4 is 22.6 Å². The highest BCUT2D eigenvalue weighted by molar-refractivity contribution is 7.09. The molecule has 0 unspecified atom stereocenters. The van der Waals surface area contributed by atoms with Gasteiger partial charge in [0.2, 0.25) is 5.13 Å². The SMILES string of the molecule is Cc1cccc(C(=O)Nc2nc(Cc3ccccc3)ns2)n1. The van der Waals surface area contributed by atoms with E-state index in [1.165, 1.54) is 11.5 Å². The van der Waals surface area contributed by atoms with Crippen LogP contribution in [0.15, 0.2) is 48.5 Å². The van der Waals surface area contributed by atoms with Crippen molar-refractivity contribution in [3.63, 3.8) is 0 Å². The summed E-state index contributed by atoms with van der Waals surface area (Å²) in [6.07, 6.45) is 0.649. The summed E-state index contributed by atoms with van der Waals surface area (Å²) < 4.78 is 4.27. The molecule has 1 N–H and O–H groups in total. The summed E-state index contributed by atoms with van der Waals surface area (Å²) in [5.41, 5.74) is 2.31. The van der Waals surface area contributed by atoms with Crippen LogP contribution in [-0.4, -0.2) is 20.2 Å². The summed E-state index contributed by atoms with van der Waals surface area (Å²) in [4.78, 5) is 20.6. The van der Waals surface area contributed by atoms with E-state index in [4.69, 9.17) is 0 Å². The lowest BCUT2D eigenvalue weighted by Crippen LogP contribution is -2.13. The third-order valence-corrected chi connectivity index (χ3v) is 3.68. The van der Waals surface area contributed by atoms with E-state index in [-0.39, 0.29) is 5.91 Å². The summed E-state index contributed by atoms with van der Waals surface area (Å²) >= 11 is 1.18. The maximum absolute atomic E-state index is 12.1. The standard InChI is InChI=1S/C16H14N4OS/c1-11-6-5-9-13(17-11)15(21)19-16-18-14(20-22-16)10-12-7-3-2-4-8-12/h2-9H,10H2,1H3,(H,18,19,20,21). The van der Waals surface area contributed by atoms with Crippen molar-refractivity contribution in [2.24, 2.45) is 0 Å². The van der Waals surface area contributed by atoms with Crippen LogP contribution < -0.4 is 5.32 Å². The second-order valence-electron chi connectivity index (χ2n) is 4.80. The van der Waals surface area contributed by atoms with Gasteiger partial charge in [0.1, 0.15) is 11.5 Å². The monoisotopic (exact) mass is 310 g/mol. The topological polar surface area (TPSA) is 67.8 Å². The molecule has 0 saturated heterocycles. The Bertz CT molecular complexity index is 786. The van der Waals surface area contributed by atoms with Gasteiger partial charge in [-0.25, -0.2) is 9.97 Å². The number of aryl methyl sites for hydroxylation is 1. The molecule has 0 bridgehead atoms. The summed E-state index contributed by atoms with van der Waals surface area (Å²) in [5.74, 6) is 0.426. The summed E-state index contributed by atoms with van der Waals surface area (Å²) in [5, 5.41) is 3.22. The van der Waals surface area contributed by atoms with Crippen LogP contribution in [0, 0.1) is 6.92 Å². The Morgan fingerprint density at radius 3 is 2.68 bits per heavy atom. The van der Waals surface area contributed by atoms with Crippen LogP contribution in [0.25, 0.3) is 0 Å². The molecule has 0 aliphatic heterocycles. The maximum Gasteiger partial charge on any atom is 0.276 e. The lowest BCUT2D eigenvalue weighted by atomic mass is 10.1. The van der Waals surface area contributed by atoms with Crippen molar-refractivity contribution in [2.75, 3.05) is 5.32 Å². The summed E-state index contributed by atoms with van der Waals surface area (Å²) in [6, 6.07) is 15.3. The van der Waals surface area contributed by atoms with E-state index >= 15 is 0 Å². The first kappa shape index (κ1) is 14.3. The molecule has 0 aliphatic carbocycles. The number of anilines is 1. The highest BCUT2D eigenvalue weighted by Crippen LogP contribution is 2.15. The molecule has 2 aromatic heterocycles. The largest absolute Gasteiger partial charge is 0.295 e. The lowest BCUT2D eigenvalue weighted by Gasteiger charge is -2.01. The fourth-order valence-corrected chi connectivity index (χ4v) is 2.57. The van der Waals surface area contributed by atoms with E-state index in [1.54, 1.807) is 12.1 Å². The van der Waals surface area contributed by atoms with Crippen LogP contribution in [0.2, 0.25) is 0 Å². The molecule has 0 fully saturated rings. The number of benzene rings is 1. The second kappa shape index (κ2) is 6.44. The minimum atomic E-state index is -0.272. The van der Waals surface area contributed by atoms with Gasteiger partial charge < -0.3 is 0 Å². The Hall–Kier alpha value is -2.60. The highest BCUT2D eigenvalue weighted by Gasteiger charge is 2.11. The van der Waals surface area contributed by atoms with Crippen molar-refractivity contribution in [1.29, 1.82) is 0 Å². The van der Waals surface area contributed by atoms with Crippen molar-refractivity contribution in [2.45, 2.75) is 13.3 Å². The zero-order valence-electron chi connectivity index (χ0n) is 12.0. The summed E-state index contributed by atoms with van der Waals surface area (Å²) in [7, 11) is 0. The molecule has 22 heavy (non-hydrogen) atoms.